The monoisotopic (exact) mass is 450 g/mol. The minimum Gasteiger partial charge on any atom is -0.373 e. The van der Waals surface area contributed by atoms with Crippen LogP contribution in [0.1, 0.15) is 79.1 Å². The Hall–Kier alpha value is -0.200. The van der Waals surface area contributed by atoms with Crippen LogP contribution in [0.25, 0.3) is 0 Å². The molecule has 0 bridgehead atoms. The van der Waals surface area contributed by atoms with Crippen LogP contribution in [0.3, 0.4) is 0 Å². The normalized spacial score (nSPS) is 48.1. The van der Waals surface area contributed by atoms with Crippen molar-refractivity contribution in [3.63, 3.8) is 0 Å². The van der Waals surface area contributed by atoms with Crippen molar-refractivity contribution in [1.82, 2.24) is 0 Å². The molecule has 9 atom stereocenters. The van der Waals surface area contributed by atoms with Crippen molar-refractivity contribution in [2.75, 3.05) is 33.0 Å². The van der Waals surface area contributed by atoms with Gasteiger partial charge in [0.2, 0.25) is 0 Å². The first-order valence-corrected chi connectivity index (χ1v) is 13.6. The van der Waals surface area contributed by atoms with Crippen LogP contribution in [0, 0.1) is 34.5 Å². The summed E-state index contributed by atoms with van der Waals surface area (Å²) in [5.41, 5.74) is 0.794. The number of ether oxygens (including phenoxy) is 5. The van der Waals surface area contributed by atoms with E-state index < -0.39 is 0 Å². The second-order valence-corrected chi connectivity index (χ2v) is 11.7. The van der Waals surface area contributed by atoms with Crippen LogP contribution in [0.4, 0.5) is 0 Å². The molecule has 0 aromatic rings. The molecule has 1 heterocycles. The minimum absolute atomic E-state index is 0.222. The summed E-state index contributed by atoms with van der Waals surface area (Å²) in [5.74, 6) is 3.28. The van der Waals surface area contributed by atoms with E-state index in [1.807, 2.05) is 13.8 Å². The highest BCUT2D eigenvalue weighted by molar-refractivity contribution is 5.12. The molecule has 1 aliphatic heterocycles. The molecule has 1 saturated heterocycles. The van der Waals surface area contributed by atoms with Gasteiger partial charge < -0.3 is 23.7 Å². The Morgan fingerprint density at radius 1 is 0.844 bits per heavy atom. The van der Waals surface area contributed by atoms with Gasteiger partial charge in [0.1, 0.15) is 0 Å². The average molecular weight is 451 g/mol. The van der Waals surface area contributed by atoms with Crippen molar-refractivity contribution in [1.29, 1.82) is 0 Å². The Morgan fingerprint density at radius 3 is 2.38 bits per heavy atom. The summed E-state index contributed by atoms with van der Waals surface area (Å²) in [5, 5.41) is 0. The van der Waals surface area contributed by atoms with Gasteiger partial charge in [0.25, 0.3) is 0 Å². The van der Waals surface area contributed by atoms with Gasteiger partial charge in [0.05, 0.1) is 38.1 Å². The molecule has 5 nitrogen and oxygen atoms in total. The zero-order valence-corrected chi connectivity index (χ0v) is 20.9. The second-order valence-electron chi connectivity index (χ2n) is 11.7. The molecular weight excluding hydrogens is 404 g/mol. The van der Waals surface area contributed by atoms with E-state index in [-0.39, 0.29) is 6.29 Å². The van der Waals surface area contributed by atoms with Gasteiger partial charge in [0.15, 0.2) is 6.29 Å². The maximum absolute atomic E-state index is 6.35. The molecule has 0 amide bonds. The summed E-state index contributed by atoms with van der Waals surface area (Å²) in [4.78, 5) is 0. The van der Waals surface area contributed by atoms with E-state index in [1.54, 1.807) is 0 Å². The number of rotatable bonds is 7. The lowest BCUT2D eigenvalue weighted by Crippen LogP contribution is -2.55. The summed E-state index contributed by atoms with van der Waals surface area (Å²) < 4.78 is 30.3. The largest absolute Gasteiger partial charge is 0.373 e. The molecule has 3 unspecified atom stereocenters. The van der Waals surface area contributed by atoms with Crippen LogP contribution < -0.4 is 0 Å². The van der Waals surface area contributed by atoms with Crippen molar-refractivity contribution in [2.24, 2.45) is 34.5 Å². The molecular formula is C27H46O5. The van der Waals surface area contributed by atoms with Gasteiger partial charge in [-0.1, -0.05) is 13.8 Å². The highest BCUT2D eigenvalue weighted by Gasteiger charge is 2.63. The van der Waals surface area contributed by atoms with Gasteiger partial charge in [-0.05, 0) is 99.7 Å². The summed E-state index contributed by atoms with van der Waals surface area (Å²) in [7, 11) is 0. The van der Waals surface area contributed by atoms with E-state index in [1.165, 1.54) is 51.4 Å². The van der Waals surface area contributed by atoms with Gasteiger partial charge >= 0.3 is 0 Å². The van der Waals surface area contributed by atoms with Gasteiger partial charge in [-0.25, -0.2) is 0 Å². The van der Waals surface area contributed by atoms with Crippen LogP contribution in [0.5, 0.6) is 0 Å². The molecule has 184 valence electrons. The zero-order valence-electron chi connectivity index (χ0n) is 20.9. The molecule has 0 aromatic heterocycles. The SMILES string of the molecule is CCOC(CO[C@H]1CC[C@@]2(C)C(CC[C@@H]3[C@@H]2CC[C@]2(C)C4OCCOC4C[C@@H]32)C1)OCC. The Labute approximate surface area is 195 Å². The van der Waals surface area contributed by atoms with Crippen molar-refractivity contribution in [2.45, 2.75) is 104 Å². The molecule has 0 radical (unpaired) electrons. The van der Waals surface area contributed by atoms with Gasteiger partial charge in [-0.2, -0.15) is 0 Å². The number of fused-ring (bicyclic) bond motifs is 7. The molecule has 4 aliphatic carbocycles. The van der Waals surface area contributed by atoms with E-state index in [4.69, 9.17) is 23.7 Å². The first-order valence-electron chi connectivity index (χ1n) is 13.6. The van der Waals surface area contributed by atoms with Crippen LogP contribution >= 0.6 is 0 Å². The molecule has 0 aromatic carbocycles. The Bertz CT molecular complexity index is 636. The zero-order chi connectivity index (χ0) is 22.3. The fourth-order valence-corrected chi connectivity index (χ4v) is 8.87. The maximum atomic E-state index is 6.35. The van der Waals surface area contributed by atoms with Gasteiger partial charge in [-0.15, -0.1) is 0 Å². The summed E-state index contributed by atoms with van der Waals surface area (Å²) in [6.45, 7) is 12.7. The van der Waals surface area contributed by atoms with E-state index in [0.29, 0.717) is 49.0 Å². The Balaban J connectivity index is 1.23. The maximum Gasteiger partial charge on any atom is 0.180 e. The molecule has 0 spiro atoms. The molecule has 32 heavy (non-hydrogen) atoms. The highest BCUT2D eigenvalue weighted by Crippen LogP contribution is 2.67. The molecule has 5 heteroatoms. The smallest absolute Gasteiger partial charge is 0.180 e. The highest BCUT2D eigenvalue weighted by atomic mass is 16.7. The Morgan fingerprint density at radius 2 is 1.59 bits per heavy atom. The summed E-state index contributed by atoms with van der Waals surface area (Å²) in [6, 6.07) is 0. The fraction of sp³-hybridized carbons (Fsp3) is 1.00. The third-order valence-electron chi connectivity index (χ3n) is 10.4. The van der Waals surface area contributed by atoms with E-state index in [9.17, 15) is 0 Å². The van der Waals surface area contributed by atoms with E-state index in [0.717, 1.165) is 36.9 Å². The van der Waals surface area contributed by atoms with Crippen LogP contribution in [0.15, 0.2) is 0 Å². The Kier molecular flexibility index (Phi) is 6.95. The van der Waals surface area contributed by atoms with Gasteiger partial charge in [0, 0.05) is 13.2 Å². The third kappa shape index (κ3) is 3.98. The lowest BCUT2D eigenvalue weighted by Gasteiger charge is -2.61. The molecule has 5 rings (SSSR count). The lowest BCUT2D eigenvalue weighted by molar-refractivity contribution is -0.193. The molecule has 5 aliphatic rings. The molecule has 4 saturated carbocycles. The van der Waals surface area contributed by atoms with Crippen LogP contribution in [0.2, 0.25) is 0 Å². The molecule has 5 fully saturated rings. The second kappa shape index (κ2) is 9.45. The van der Waals surface area contributed by atoms with Crippen molar-refractivity contribution in [3.8, 4) is 0 Å². The first kappa shape index (κ1) is 23.5. The topological polar surface area (TPSA) is 46.2 Å². The van der Waals surface area contributed by atoms with Crippen molar-refractivity contribution in [3.05, 3.63) is 0 Å². The molecule has 0 N–H and O–H groups in total. The predicted molar refractivity (Wildman–Crippen MR) is 123 cm³/mol. The summed E-state index contributed by atoms with van der Waals surface area (Å²) >= 11 is 0. The van der Waals surface area contributed by atoms with Crippen LogP contribution in [-0.2, 0) is 23.7 Å². The average Bonchev–Trinajstić information content (AvgIpc) is 3.10. The lowest BCUT2D eigenvalue weighted by atomic mass is 9.45. The van der Waals surface area contributed by atoms with Crippen LogP contribution in [-0.4, -0.2) is 57.6 Å². The van der Waals surface area contributed by atoms with Crippen molar-refractivity contribution >= 4 is 0 Å². The quantitative estimate of drug-likeness (QED) is 0.499. The van der Waals surface area contributed by atoms with E-state index in [2.05, 4.69) is 13.8 Å². The number of hydrogen-bond donors (Lipinski definition) is 0. The predicted octanol–water partition coefficient (Wildman–Crippen LogP) is 5.21. The van der Waals surface area contributed by atoms with E-state index >= 15 is 0 Å². The summed E-state index contributed by atoms with van der Waals surface area (Å²) in [6.07, 6.45) is 11.2. The fourth-order valence-electron chi connectivity index (χ4n) is 8.87. The standard InChI is InChI=1S/C27H46O5/c1-5-28-24(29-6-2)17-32-19-9-11-26(3)18(15-19)7-8-20-21(26)10-12-27(4)22(20)16-23-25(27)31-14-13-30-23/h18-25H,5-17H2,1-4H3/t18?,19-,20+,21-,22-,23?,25?,26-,27-/m0/s1. The first-order chi connectivity index (χ1) is 15.5. The number of hydrogen-bond acceptors (Lipinski definition) is 5. The van der Waals surface area contributed by atoms with Gasteiger partial charge in [-0.3, -0.25) is 0 Å². The third-order valence-corrected chi connectivity index (χ3v) is 10.4. The minimum atomic E-state index is -0.222. The van der Waals surface area contributed by atoms with Crippen molar-refractivity contribution < 1.29 is 23.7 Å².